The van der Waals surface area contributed by atoms with Crippen LogP contribution in [0.2, 0.25) is 0 Å². The minimum Gasteiger partial charge on any atom is -0.348 e. The Bertz CT molecular complexity index is 459. The fourth-order valence-electron chi connectivity index (χ4n) is 3.18. The second-order valence-electron chi connectivity index (χ2n) is 7.64. The third kappa shape index (κ3) is 3.98. The molecule has 1 aliphatic heterocycles. The molecule has 1 aliphatic rings. The summed E-state index contributed by atoms with van der Waals surface area (Å²) >= 11 is 1.80. The second kappa shape index (κ2) is 6.66. The molecule has 4 heteroatoms. The predicted molar refractivity (Wildman–Crippen MR) is 93.1 cm³/mol. The van der Waals surface area contributed by atoms with Gasteiger partial charge in [-0.1, -0.05) is 34.6 Å². The zero-order valence-corrected chi connectivity index (χ0v) is 15.1. The largest absolute Gasteiger partial charge is 0.348 e. The van der Waals surface area contributed by atoms with Crippen molar-refractivity contribution in [3.63, 3.8) is 0 Å². The Hall–Kier alpha value is -0.610. The van der Waals surface area contributed by atoms with E-state index in [1.807, 2.05) is 0 Å². The van der Waals surface area contributed by atoms with Gasteiger partial charge in [0.2, 0.25) is 0 Å². The van der Waals surface area contributed by atoms with Crippen LogP contribution in [0.15, 0.2) is 0 Å². The van der Waals surface area contributed by atoms with Gasteiger partial charge in [-0.25, -0.2) is 4.98 Å². The summed E-state index contributed by atoms with van der Waals surface area (Å²) in [5, 5.41) is 1.18. The van der Waals surface area contributed by atoms with Crippen LogP contribution in [0.4, 0.5) is 5.13 Å². The third-order valence-electron chi connectivity index (χ3n) is 4.57. The van der Waals surface area contributed by atoms with E-state index in [1.54, 1.807) is 11.3 Å². The number of hydrogen-bond donors (Lipinski definition) is 1. The van der Waals surface area contributed by atoms with Crippen LogP contribution in [0.25, 0.3) is 0 Å². The monoisotopic (exact) mass is 309 g/mol. The number of nitrogens with two attached hydrogens (primary N) is 1. The standard InChI is InChI=1S/C17H31N3S/c1-12(2)13-7-6-9-20(10-8-13)16-19-15(17(3,4)5)14(11-18)21-16/h12-13H,6-11,18H2,1-5H3. The number of rotatable bonds is 3. The number of anilines is 1. The minimum atomic E-state index is 0.0791. The second-order valence-corrected chi connectivity index (χ2v) is 8.71. The minimum absolute atomic E-state index is 0.0791. The van der Waals surface area contributed by atoms with Gasteiger partial charge < -0.3 is 10.6 Å². The van der Waals surface area contributed by atoms with Crippen molar-refractivity contribution in [2.24, 2.45) is 17.6 Å². The molecule has 1 aromatic heterocycles. The topological polar surface area (TPSA) is 42.2 Å². The number of hydrogen-bond acceptors (Lipinski definition) is 4. The molecule has 3 nitrogen and oxygen atoms in total. The molecule has 1 aromatic rings. The summed E-state index contributed by atoms with van der Waals surface area (Å²) in [7, 11) is 0. The lowest BCUT2D eigenvalue weighted by Gasteiger charge is -2.21. The highest BCUT2D eigenvalue weighted by Gasteiger charge is 2.26. The van der Waals surface area contributed by atoms with E-state index < -0.39 is 0 Å². The van der Waals surface area contributed by atoms with Gasteiger partial charge in [0.1, 0.15) is 0 Å². The van der Waals surface area contributed by atoms with E-state index in [0.29, 0.717) is 6.54 Å². The molecule has 2 N–H and O–H groups in total. The molecule has 0 spiro atoms. The maximum Gasteiger partial charge on any atom is 0.185 e. The molecule has 1 saturated heterocycles. The third-order valence-corrected chi connectivity index (χ3v) is 5.71. The van der Waals surface area contributed by atoms with Crippen molar-refractivity contribution >= 4 is 16.5 Å². The van der Waals surface area contributed by atoms with Gasteiger partial charge in [-0.2, -0.15) is 0 Å². The summed E-state index contributed by atoms with van der Waals surface area (Å²) < 4.78 is 0. The first-order chi connectivity index (χ1) is 9.82. The maximum atomic E-state index is 5.93. The van der Waals surface area contributed by atoms with E-state index in [2.05, 4.69) is 39.5 Å². The van der Waals surface area contributed by atoms with Crippen molar-refractivity contribution in [1.82, 2.24) is 4.98 Å². The highest BCUT2D eigenvalue weighted by atomic mass is 32.1. The van der Waals surface area contributed by atoms with Crippen LogP contribution in [0.1, 0.15) is 64.5 Å². The quantitative estimate of drug-likeness (QED) is 0.911. The summed E-state index contributed by atoms with van der Waals surface area (Å²) in [4.78, 5) is 8.69. The highest BCUT2D eigenvalue weighted by Crippen LogP contribution is 2.35. The van der Waals surface area contributed by atoms with E-state index in [9.17, 15) is 0 Å². The van der Waals surface area contributed by atoms with Crippen molar-refractivity contribution in [2.45, 2.75) is 65.8 Å². The van der Waals surface area contributed by atoms with E-state index in [4.69, 9.17) is 10.7 Å². The zero-order chi connectivity index (χ0) is 15.6. The molecule has 1 fully saturated rings. The van der Waals surface area contributed by atoms with Crippen LogP contribution >= 0.6 is 11.3 Å². The predicted octanol–water partition coefficient (Wildman–Crippen LogP) is 4.16. The Morgan fingerprint density at radius 1 is 1.29 bits per heavy atom. The van der Waals surface area contributed by atoms with Crippen molar-refractivity contribution in [1.29, 1.82) is 0 Å². The van der Waals surface area contributed by atoms with Gasteiger partial charge >= 0.3 is 0 Å². The maximum absolute atomic E-state index is 5.93. The van der Waals surface area contributed by atoms with Gasteiger partial charge in [-0.05, 0) is 31.1 Å². The molecular weight excluding hydrogens is 278 g/mol. The first-order valence-electron chi connectivity index (χ1n) is 8.28. The Balaban J connectivity index is 2.17. The van der Waals surface area contributed by atoms with Crippen LogP contribution < -0.4 is 10.6 Å². The molecule has 2 heterocycles. The van der Waals surface area contributed by atoms with Crippen LogP contribution in [0.5, 0.6) is 0 Å². The molecule has 0 radical (unpaired) electrons. The molecule has 0 saturated carbocycles. The van der Waals surface area contributed by atoms with Crippen molar-refractivity contribution < 1.29 is 0 Å². The molecule has 21 heavy (non-hydrogen) atoms. The van der Waals surface area contributed by atoms with Gasteiger partial charge in [-0.3, -0.25) is 0 Å². The summed E-state index contributed by atoms with van der Waals surface area (Å²) in [6.07, 6.45) is 3.93. The van der Waals surface area contributed by atoms with Gasteiger partial charge in [0.05, 0.1) is 5.69 Å². The van der Waals surface area contributed by atoms with E-state index in [1.165, 1.54) is 35.0 Å². The Labute approximate surface area is 133 Å². The lowest BCUT2D eigenvalue weighted by molar-refractivity contribution is 0.351. The molecule has 1 atom stereocenters. The summed E-state index contributed by atoms with van der Waals surface area (Å²) in [5.41, 5.74) is 7.20. The Morgan fingerprint density at radius 2 is 2.00 bits per heavy atom. The lowest BCUT2D eigenvalue weighted by Crippen LogP contribution is -2.24. The molecule has 0 aromatic carbocycles. The Kier molecular flexibility index (Phi) is 5.31. The van der Waals surface area contributed by atoms with E-state index in [-0.39, 0.29) is 5.41 Å². The zero-order valence-electron chi connectivity index (χ0n) is 14.3. The smallest absolute Gasteiger partial charge is 0.185 e. The molecule has 0 bridgehead atoms. The first kappa shape index (κ1) is 16.8. The molecule has 120 valence electrons. The fourth-order valence-corrected chi connectivity index (χ4v) is 4.38. The highest BCUT2D eigenvalue weighted by molar-refractivity contribution is 7.15. The average Bonchev–Trinajstić information content (AvgIpc) is 2.69. The molecule has 1 unspecified atom stereocenters. The molecule has 2 rings (SSSR count). The number of aromatic nitrogens is 1. The lowest BCUT2D eigenvalue weighted by atomic mass is 9.89. The van der Waals surface area contributed by atoms with Crippen LogP contribution in [-0.4, -0.2) is 18.1 Å². The van der Waals surface area contributed by atoms with E-state index in [0.717, 1.165) is 24.9 Å². The van der Waals surface area contributed by atoms with Crippen molar-refractivity contribution in [3.8, 4) is 0 Å². The number of nitrogens with zero attached hydrogens (tertiary/aromatic N) is 2. The van der Waals surface area contributed by atoms with Gasteiger partial charge in [-0.15, -0.1) is 11.3 Å². The van der Waals surface area contributed by atoms with Gasteiger partial charge in [0.15, 0.2) is 5.13 Å². The van der Waals surface area contributed by atoms with Gasteiger partial charge in [0, 0.05) is 29.9 Å². The summed E-state index contributed by atoms with van der Waals surface area (Å²) in [6.45, 7) is 14.3. The molecule has 0 aliphatic carbocycles. The average molecular weight is 310 g/mol. The van der Waals surface area contributed by atoms with Crippen molar-refractivity contribution in [3.05, 3.63) is 10.6 Å². The fraction of sp³-hybridized carbons (Fsp3) is 0.824. The molecular formula is C17H31N3S. The first-order valence-corrected chi connectivity index (χ1v) is 9.09. The molecule has 0 amide bonds. The van der Waals surface area contributed by atoms with Crippen molar-refractivity contribution in [2.75, 3.05) is 18.0 Å². The SMILES string of the molecule is CC(C)C1CCCN(c2nc(C(C)(C)C)c(CN)s2)CC1. The van der Waals surface area contributed by atoms with E-state index >= 15 is 0 Å². The summed E-state index contributed by atoms with van der Waals surface area (Å²) in [6, 6.07) is 0. The summed E-state index contributed by atoms with van der Waals surface area (Å²) in [5.74, 6) is 1.66. The van der Waals surface area contributed by atoms with Gasteiger partial charge in [0.25, 0.3) is 0 Å². The Morgan fingerprint density at radius 3 is 2.52 bits per heavy atom. The van der Waals surface area contributed by atoms with Crippen LogP contribution in [-0.2, 0) is 12.0 Å². The number of thiazole rings is 1. The normalized spacial score (nSPS) is 20.9. The van der Waals surface area contributed by atoms with Crippen LogP contribution in [0, 0.1) is 11.8 Å². The van der Waals surface area contributed by atoms with Crippen LogP contribution in [0.3, 0.4) is 0 Å².